The minimum absolute atomic E-state index is 0.00487. The van der Waals surface area contributed by atoms with Crippen molar-refractivity contribution in [2.45, 2.75) is 33.2 Å². The number of hydrogen-bond acceptors (Lipinski definition) is 4. The van der Waals surface area contributed by atoms with Crippen molar-refractivity contribution in [1.82, 2.24) is 4.98 Å². The van der Waals surface area contributed by atoms with Gasteiger partial charge in [0.05, 0.1) is 17.3 Å². The van der Waals surface area contributed by atoms with Gasteiger partial charge in [0.15, 0.2) is 0 Å². The lowest BCUT2D eigenvalue weighted by Crippen LogP contribution is -2.06. The molecule has 0 bridgehead atoms. The topological polar surface area (TPSA) is 48.1 Å². The summed E-state index contributed by atoms with van der Waals surface area (Å²) in [4.78, 5) is 4.49. The van der Waals surface area contributed by atoms with Crippen LogP contribution in [-0.2, 0) is 6.42 Å². The molecule has 2 aromatic rings. The molecule has 0 radical (unpaired) electrons. The molecule has 0 saturated heterocycles. The Morgan fingerprint density at radius 3 is 2.79 bits per heavy atom. The van der Waals surface area contributed by atoms with Gasteiger partial charge in [-0.25, -0.2) is 4.98 Å². The Balaban J connectivity index is 1.89. The average molecular weight is 276 g/mol. The Kier molecular flexibility index (Phi) is 4.56. The van der Waals surface area contributed by atoms with Gasteiger partial charge in [0.25, 0.3) is 0 Å². The fraction of sp³-hybridized carbons (Fsp3) is 0.400. The summed E-state index contributed by atoms with van der Waals surface area (Å²) in [5.41, 5.74) is 9.19. The number of aryl methyl sites for hydroxylation is 2. The van der Waals surface area contributed by atoms with Crippen LogP contribution in [0, 0.1) is 13.8 Å². The van der Waals surface area contributed by atoms with Crippen molar-refractivity contribution in [3.63, 3.8) is 0 Å². The minimum Gasteiger partial charge on any atom is -0.493 e. The van der Waals surface area contributed by atoms with E-state index in [2.05, 4.69) is 31.0 Å². The van der Waals surface area contributed by atoms with Crippen molar-refractivity contribution in [1.29, 1.82) is 0 Å². The first-order valence-electron chi connectivity index (χ1n) is 6.46. The molecule has 19 heavy (non-hydrogen) atoms. The summed E-state index contributed by atoms with van der Waals surface area (Å²) in [6.45, 7) is 6.75. The molecule has 1 heterocycles. The van der Waals surface area contributed by atoms with Gasteiger partial charge in [0, 0.05) is 17.8 Å². The number of benzene rings is 1. The highest BCUT2D eigenvalue weighted by Crippen LogP contribution is 2.20. The first kappa shape index (κ1) is 14.0. The predicted molar refractivity (Wildman–Crippen MR) is 79.8 cm³/mol. The Morgan fingerprint density at radius 2 is 2.16 bits per heavy atom. The SMILES string of the molecule is Cc1ccc(OCCc2nc(C(C)N)cs2)c(C)c1. The fourth-order valence-corrected chi connectivity index (χ4v) is 2.74. The van der Waals surface area contributed by atoms with Gasteiger partial charge in [-0.3, -0.25) is 0 Å². The number of aromatic nitrogens is 1. The highest BCUT2D eigenvalue weighted by Gasteiger charge is 2.06. The molecular formula is C15H20N2OS. The Morgan fingerprint density at radius 1 is 1.37 bits per heavy atom. The van der Waals surface area contributed by atoms with Crippen LogP contribution >= 0.6 is 11.3 Å². The molecule has 0 aliphatic heterocycles. The molecule has 0 aliphatic rings. The van der Waals surface area contributed by atoms with Crippen molar-refractivity contribution in [3.8, 4) is 5.75 Å². The third-order valence-corrected chi connectivity index (χ3v) is 3.87. The largest absolute Gasteiger partial charge is 0.493 e. The van der Waals surface area contributed by atoms with Gasteiger partial charge in [-0.1, -0.05) is 17.7 Å². The molecule has 3 nitrogen and oxygen atoms in total. The van der Waals surface area contributed by atoms with Gasteiger partial charge in [-0.15, -0.1) is 11.3 Å². The third-order valence-electron chi connectivity index (χ3n) is 2.94. The van der Waals surface area contributed by atoms with Crippen LogP contribution in [-0.4, -0.2) is 11.6 Å². The number of rotatable bonds is 5. The molecule has 0 fully saturated rings. The zero-order chi connectivity index (χ0) is 13.8. The second kappa shape index (κ2) is 6.17. The number of nitrogens with zero attached hydrogens (tertiary/aromatic N) is 1. The fourth-order valence-electron chi connectivity index (χ4n) is 1.86. The number of nitrogens with two attached hydrogens (primary N) is 1. The van der Waals surface area contributed by atoms with E-state index in [1.807, 2.05) is 18.4 Å². The maximum Gasteiger partial charge on any atom is 0.122 e. The molecular weight excluding hydrogens is 256 g/mol. The summed E-state index contributed by atoms with van der Waals surface area (Å²) in [5, 5.41) is 3.11. The van der Waals surface area contributed by atoms with Crippen molar-refractivity contribution in [2.24, 2.45) is 5.73 Å². The van der Waals surface area contributed by atoms with Crippen LogP contribution in [0.4, 0.5) is 0 Å². The molecule has 1 atom stereocenters. The third kappa shape index (κ3) is 3.78. The van der Waals surface area contributed by atoms with Crippen LogP contribution in [0.15, 0.2) is 23.6 Å². The normalized spacial score (nSPS) is 12.4. The van der Waals surface area contributed by atoms with E-state index in [4.69, 9.17) is 10.5 Å². The summed E-state index contributed by atoms with van der Waals surface area (Å²) < 4.78 is 5.80. The zero-order valence-corrected chi connectivity index (χ0v) is 12.5. The zero-order valence-electron chi connectivity index (χ0n) is 11.6. The van der Waals surface area contributed by atoms with E-state index in [0.29, 0.717) is 6.61 Å². The highest BCUT2D eigenvalue weighted by molar-refractivity contribution is 7.09. The van der Waals surface area contributed by atoms with E-state index in [1.165, 1.54) is 11.1 Å². The number of hydrogen-bond donors (Lipinski definition) is 1. The number of thiazole rings is 1. The quantitative estimate of drug-likeness (QED) is 0.910. The second-order valence-corrected chi connectivity index (χ2v) is 5.76. The van der Waals surface area contributed by atoms with E-state index in [9.17, 15) is 0 Å². The summed E-state index contributed by atoms with van der Waals surface area (Å²) in [6.07, 6.45) is 0.824. The molecule has 1 unspecified atom stereocenters. The first-order chi connectivity index (χ1) is 9.06. The predicted octanol–water partition coefficient (Wildman–Crippen LogP) is 3.40. The van der Waals surface area contributed by atoms with E-state index in [0.717, 1.165) is 22.9 Å². The van der Waals surface area contributed by atoms with Crippen LogP contribution in [0.25, 0.3) is 0 Å². The lowest BCUT2D eigenvalue weighted by atomic mass is 10.1. The van der Waals surface area contributed by atoms with Crippen molar-refractivity contribution < 1.29 is 4.74 Å². The smallest absolute Gasteiger partial charge is 0.122 e. The molecule has 0 amide bonds. The maximum atomic E-state index is 5.80. The molecule has 2 rings (SSSR count). The minimum atomic E-state index is 0.00487. The van der Waals surface area contributed by atoms with Crippen LogP contribution in [0.2, 0.25) is 0 Å². The molecule has 1 aromatic carbocycles. The molecule has 4 heteroatoms. The van der Waals surface area contributed by atoms with Crippen LogP contribution in [0.3, 0.4) is 0 Å². The summed E-state index contributed by atoms with van der Waals surface area (Å²) in [7, 11) is 0. The van der Waals surface area contributed by atoms with Gasteiger partial charge in [-0.2, -0.15) is 0 Å². The van der Waals surface area contributed by atoms with Gasteiger partial charge in [-0.05, 0) is 32.4 Å². The second-order valence-electron chi connectivity index (χ2n) is 4.82. The monoisotopic (exact) mass is 276 g/mol. The van der Waals surface area contributed by atoms with Gasteiger partial charge in [0.1, 0.15) is 5.75 Å². The summed E-state index contributed by atoms with van der Waals surface area (Å²) >= 11 is 1.65. The Bertz CT molecular complexity index is 549. The molecule has 102 valence electrons. The molecule has 0 saturated carbocycles. The van der Waals surface area contributed by atoms with Crippen molar-refractivity contribution in [2.75, 3.05) is 6.61 Å². The van der Waals surface area contributed by atoms with Gasteiger partial charge >= 0.3 is 0 Å². The van der Waals surface area contributed by atoms with E-state index in [1.54, 1.807) is 11.3 Å². The van der Waals surface area contributed by atoms with Crippen LogP contribution < -0.4 is 10.5 Å². The summed E-state index contributed by atoms with van der Waals surface area (Å²) in [6, 6.07) is 6.23. The lowest BCUT2D eigenvalue weighted by molar-refractivity contribution is 0.319. The molecule has 2 N–H and O–H groups in total. The Labute approximate surface area is 118 Å². The summed E-state index contributed by atoms with van der Waals surface area (Å²) in [5.74, 6) is 0.953. The number of ether oxygens (including phenoxy) is 1. The molecule has 1 aromatic heterocycles. The van der Waals surface area contributed by atoms with E-state index < -0.39 is 0 Å². The first-order valence-corrected chi connectivity index (χ1v) is 7.34. The van der Waals surface area contributed by atoms with E-state index in [-0.39, 0.29) is 6.04 Å². The maximum absolute atomic E-state index is 5.80. The average Bonchev–Trinajstić information content (AvgIpc) is 2.81. The standard InChI is InChI=1S/C15H20N2OS/c1-10-4-5-14(11(2)8-10)18-7-6-15-17-13(9-19-15)12(3)16/h4-5,8-9,12H,6-7,16H2,1-3H3. The van der Waals surface area contributed by atoms with Crippen molar-refractivity contribution >= 4 is 11.3 Å². The van der Waals surface area contributed by atoms with Gasteiger partial charge < -0.3 is 10.5 Å². The van der Waals surface area contributed by atoms with Crippen LogP contribution in [0.1, 0.15) is 34.8 Å². The molecule has 0 aliphatic carbocycles. The molecule has 0 spiro atoms. The lowest BCUT2D eigenvalue weighted by Gasteiger charge is -2.08. The highest BCUT2D eigenvalue weighted by atomic mass is 32.1. The van der Waals surface area contributed by atoms with Crippen molar-refractivity contribution in [3.05, 3.63) is 45.4 Å². The van der Waals surface area contributed by atoms with Crippen LogP contribution in [0.5, 0.6) is 5.75 Å². The Hall–Kier alpha value is -1.39. The van der Waals surface area contributed by atoms with E-state index >= 15 is 0 Å². The van der Waals surface area contributed by atoms with Gasteiger partial charge in [0.2, 0.25) is 0 Å².